The topological polar surface area (TPSA) is 54.4 Å². The molecule has 0 aliphatic carbocycles. The molecule has 2 rings (SSSR count). The molecule has 3 nitrogen and oxygen atoms in total. The van der Waals surface area contributed by atoms with Crippen molar-refractivity contribution in [1.29, 1.82) is 0 Å². The highest BCUT2D eigenvalue weighted by Crippen LogP contribution is 2.31. The van der Waals surface area contributed by atoms with Crippen molar-refractivity contribution < 1.29 is 26.7 Å². The van der Waals surface area contributed by atoms with Gasteiger partial charge in [-0.25, -0.2) is 8.42 Å². The third kappa shape index (κ3) is 4.33. The standard InChI is InChI=1S/C16H15F3O3S/c1-11-5-7-14(8-6-11)23(21,22)10-15(20)12-3-2-4-13(9-12)16(17,18)19/h2-9,15,20H,10H2,1H3. The zero-order chi connectivity index (χ0) is 17.3. The van der Waals surface area contributed by atoms with Gasteiger partial charge in [0.05, 0.1) is 22.3 Å². The van der Waals surface area contributed by atoms with Crippen molar-refractivity contribution in [2.75, 3.05) is 5.75 Å². The van der Waals surface area contributed by atoms with Crippen molar-refractivity contribution in [3.8, 4) is 0 Å². The maximum absolute atomic E-state index is 12.7. The van der Waals surface area contributed by atoms with E-state index < -0.39 is 33.4 Å². The van der Waals surface area contributed by atoms with Crippen LogP contribution < -0.4 is 0 Å². The molecule has 0 saturated carbocycles. The summed E-state index contributed by atoms with van der Waals surface area (Å²) in [4.78, 5) is 0.0223. The number of aliphatic hydroxyl groups excluding tert-OH is 1. The van der Waals surface area contributed by atoms with Gasteiger partial charge in [-0.2, -0.15) is 13.2 Å². The molecule has 1 unspecified atom stereocenters. The lowest BCUT2D eigenvalue weighted by atomic mass is 10.1. The molecule has 124 valence electrons. The number of rotatable bonds is 4. The summed E-state index contributed by atoms with van der Waals surface area (Å²) in [6.45, 7) is 1.80. The Bertz CT molecular complexity index is 781. The number of hydrogen-bond donors (Lipinski definition) is 1. The number of halogens is 3. The molecule has 7 heteroatoms. The monoisotopic (exact) mass is 344 g/mol. The molecular formula is C16H15F3O3S. The van der Waals surface area contributed by atoms with Gasteiger partial charge < -0.3 is 5.11 Å². The summed E-state index contributed by atoms with van der Waals surface area (Å²) in [6.07, 6.45) is -6.09. The number of benzene rings is 2. The van der Waals surface area contributed by atoms with E-state index in [2.05, 4.69) is 0 Å². The maximum Gasteiger partial charge on any atom is 0.416 e. The Balaban J connectivity index is 2.24. The highest BCUT2D eigenvalue weighted by Gasteiger charge is 2.31. The summed E-state index contributed by atoms with van der Waals surface area (Å²) < 4.78 is 62.5. The van der Waals surface area contributed by atoms with Gasteiger partial charge in [-0.05, 0) is 36.8 Å². The summed E-state index contributed by atoms with van der Waals surface area (Å²) in [5, 5.41) is 10.0. The second-order valence-corrected chi connectivity index (χ2v) is 7.27. The quantitative estimate of drug-likeness (QED) is 0.923. The summed E-state index contributed by atoms with van der Waals surface area (Å²) >= 11 is 0. The van der Waals surface area contributed by atoms with Crippen molar-refractivity contribution in [2.45, 2.75) is 24.1 Å². The fourth-order valence-electron chi connectivity index (χ4n) is 2.07. The van der Waals surface area contributed by atoms with E-state index in [1.54, 1.807) is 19.1 Å². The van der Waals surface area contributed by atoms with Crippen LogP contribution in [0.2, 0.25) is 0 Å². The first-order chi connectivity index (χ1) is 10.6. The Labute approximate surface area is 132 Å². The smallest absolute Gasteiger partial charge is 0.387 e. The van der Waals surface area contributed by atoms with Crippen LogP contribution in [0.3, 0.4) is 0 Å². The van der Waals surface area contributed by atoms with Crippen LogP contribution in [0.1, 0.15) is 22.8 Å². The number of hydrogen-bond acceptors (Lipinski definition) is 3. The third-order valence-electron chi connectivity index (χ3n) is 3.36. The molecule has 23 heavy (non-hydrogen) atoms. The van der Waals surface area contributed by atoms with Crippen LogP contribution in [0.25, 0.3) is 0 Å². The zero-order valence-electron chi connectivity index (χ0n) is 12.2. The third-order valence-corrected chi connectivity index (χ3v) is 5.10. The molecule has 0 amide bonds. The van der Waals surface area contributed by atoms with Gasteiger partial charge in [-0.1, -0.05) is 29.8 Å². The van der Waals surface area contributed by atoms with E-state index >= 15 is 0 Å². The molecule has 0 bridgehead atoms. The first kappa shape index (κ1) is 17.5. The van der Waals surface area contributed by atoms with Gasteiger partial charge >= 0.3 is 6.18 Å². The lowest BCUT2D eigenvalue weighted by molar-refractivity contribution is -0.137. The SMILES string of the molecule is Cc1ccc(S(=O)(=O)CC(O)c2cccc(C(F)(F)F)c2)cc1. The molecule has 0 spiro atoms. The summed E-state index contributed by atoms with van der Waals surface area (Å²) in [5.74, 6) is -0.683. The molecule has 0 radical (unpaired) electrons. The van der Waals surface area contributed by atoms with Gasteiger partial charge in [-0.15, -0.1) is 0 Å². The largest absolute Gasteiger partial charge is 0.416 e. The number of aryl methyl sites for hydroxylation is 1. The van der Waals surface area contributed by atoms with Crippen LogP contribution in [0.15, 0.2) is 53.4 Å². The van der Waals surface area contributed by atoms with Crippen molar-refractivity contribution in [3.05, 3.63) is 65.2 Å². The number of aliphatic hydroxyl groups is 1. The van der Waals surface area contributed by atoms with E-state index in [-0.39, 0.29) is 10.5 Å². The lowest BCUT2D eigenvalue weighted by Gasteiger charge is -2.14. The average molecular weight is 344 g/mol. The summed E-state index contributed by atoms with van der Waals surface area (Å²) in [7, 11) is -3.80. The van der Waals surface area contributed by atoms with Gasteiger partial charge in [0.2, 0.25) is 0 Å². The molecular weight excluding hydrogens is 329 g/mol. The highest BCUT2D eigenvalue weighted by molar-refractivity contribution is 7.91. The van der Waals surface area contributed by atoms with E-state index in [4.69, 9.17) is 0 Å². The Morgan fingerprint density at radius 3 is 2.26 bits per heavy atom. The van der Waals surface area contributed by atoms with Crippen LogP contribution in [-0.2, 0) is 16.0 Å². The first-order valence-corrected chi connectivity index (χ1v) is 8.39. The predicted molar refractivity (Wildman–Crippen MR) is 79.6 cm³/mol. The second-order valence-electron chi connectivity index (χ2n) is 5.23. The predicted octanol–water partition coefficient (Wildman–Crippen LogP) is 3.52. The van der Waals surface area contributed by atoms with Crippen LogP contribution >= 0.6 is 0 Å². The van der Waals surface area contributed by atoms with E-state index in [9.17, 15) is 26.7 Å². The molecule has 2 aromatic rings. The number of sulfone groups is 1. The molecule has 0 heterocycles. The molecule has 0 aliphatic heterocycles. The van der Waals surface area contributed by atoms with Crippen molar-refractivity contribution in [3.63, 3.8) is 0 Å². The van der Waals surface area contributed by atoms with Crippen LogP contribution in [0, 0.1) is 6.92 Å². The van der Waals surface area contributed by atoms with Crippen molar-refractivity contribution in [1.82, 2.24) is 0 Å². The molecule has 0 saturated heterocycles. The Morgan fingerprint density at radius 1 is 1.09 bits per heavy atom. The van der Waals surface area contributed by atoms with Crippen molar-refractivity contribution >= 4 is 9.84 Å². The minimum atomic E-state index is -4.55. The maximum atomic E-state index is 12.7. The number of alkyl halides is 3. The first-order valence-electron chi connectivity index (χ1n) is 6.74. The molecule has 0 aliphatic rings. The highest BCUT2D eigenvalue weighted by atomic mass is 32.2. The fraction of sp³-hybridized carbons (Fsp3) is 0.250. The molecule has 2 aromatic carbocycles. The van der Waals surface area contributed by atoms with Gasteiger partial charge in [0, 0.05) is 0 Å². The molecule has 1 atom stereocenters. The van der Waals surface area contributed by atoms with Crippen molar-refractivity contribution in [2.24, 2.45) is 0 Å². The van der Waals surface area contributed by atoms with Gasteiger partial charge in [0.1, 0.15) is 0 Å². The zero-order valence-corrected chi connectivity index (χ0v) is 13.0. The molecule has 1 N–H and O–H groups in total. The second kappa shape index (κ2) is 6.33. The lowest BCUT2D eigenvalue weighted by Crippen LogP contribution is -2.15. The van der Waals surface area contributed by atoms with Crippen LogP contribution in [0.4, 0.5) is 13.2 Å². The van der Waals surface area contributed by atoms with Gasteiger partial charge in [-0.3, -0.25) is 0 Å². The molecule has 0 fully saturated rings. The normalized spacial score (nSPS) is 13.8. The van der Waals surface area contributed by atoms with Crippen LogP contribution in [-0.4, -0.2) is 19.3 Å². The summed E-state index contributed by atoms with van der Waals surface area (Å²) in [6, 6.07) is 10.1. The van der Waals surface area contributed by atoms with Crippen LogP contribution in [0.5, 0.6) is 0 Å². The fourth-order valence-corrected chi connectivity index (χ4v) is 3.42. The molecule has 0 aromatic heterocycles. The minimum Gasteiger partial charge on any atom is -0.387 e. The summed E-state index contributed by atoms with van der Waals surface area (Å²) in [5.41, 5.74) is -0.139. The Kier molecular flexibility index (Phi) is 4.81. The van der Waals surface area contributed by atoms with E-state index in [1.807, 2.05) is 0 Å². The van der Waals surface area contributed by atoms with Gasteiger partial charge in [0.25, 0.3) is 0 Å². The Hall–Kier alpha value is -1.86. The minimum absolute atomic E-state index is 0.0223. The van der Waals surface area contributed by atoms with Gasteiger partial charge in [0.15, 0.2) is 9.84 Å². The Morgan fingerprint density at radius 2 is 1.70 bits per heavy atom. The van der Waals surface area contributed by atoms with E-state index in [0.717, 1.165) is 23.8 Å². The van der Waals surface area contributed by atoms with E-state index in [1.165, 1.54) is 18.2 Å². The van der Waals surface area contributed by atoms with E-state index in [0.29, 0.717) is 0 Å². The average Bonchev–Trinajstić information content (AvgIpc) is 2.46.